The molecule has 5 nitrogen and oxygen atoms in total. The normalized spacial score (nSPS) is 7.79. The summed E-state index contributed by atoms with van der Waals surface area (Å²) in [7, 11) is 14.0. The molecule has 0 fully saturated rings. The average molecular weight is 724 g/mol. The van der Waals surface area contributed by atoms with Gasteiger partial charge in [0.05, 0.1) is 0 Å². The van der Waals surface area contributed by atoms with E-state index in [9.17, 15) is 0 Å². The predicted molar refractivity (Wildman–Crippen MR) is 136 cm³/mol. The van der Waals surface area contributed by atoms with Gasteiger partial charge in [0.15, 0.2) is 0 Å². The van der Waals surface area contributed by atoms with Gasteiger partial charge in [-0.25, -0.2) is 0 Å². The van der Waals surface area contributed by atoms with Crippen molar-refractivity contribution in [2.24, 2.45) is 0 Å². The van der Waals surface area contributed by atoms with Crippen molar-refractivity contribution in [3.05, 3.63) is 47.0 Å². The predicted octanol–water partition coefficient (Wildman–Crippen LogP) is -2.72. The third kappa shape index (κ3) is 29.5. The van der Waals surface area contributed by atoms with E-state index in [1.807, 2.05) is 52.0 Å². The zero-order chi connectivity index (χ0) is 20.0. The van der Waals surface area contributed by atoms with Crippen LogP contribution in [0.1, 0.15) is 30.2 Å². The van der Waals surface area contributed by atoms with E-state index in [0.29, 0.717) is 13.3 Å². The van der Waals surface area contributed by atoms with E-state index in [1.165, 1.54) is 0 Å². The molecule has 146 valence electrons. The van der Waals surface area contributed by atoms with Crippen LogP contribution in [0.25, 0.3) is 0 Å². The van der Waals surface area contributed by atoms with Crippen molar-refractivity contribution in [1.82, 2.24) is 9.97 Å². The quantitative estimate of drug-likeness (QED) is 0.227. The summed E-state index contributed by atoms with van der Waals surface area (Å²) in [4.78, 5) is 8.31. The van der Waals surface area contributed by atoms with Crippen LogP contribution >= 0.6 is 37.2 Å². The molecule has 2 aromatic rings. The Morgan fingerprint density at radius 1 is 0.786 bits per heavy atom. The molecule has 0 aromatic carbocycles. The number of nitrogen functional groups attached to an aromatic ring is 2. The largest absolute Gasteiger partial charge is 1.00 e. The maximum Gasteiger partial charge on any atom is 1.00 e. The average Bonchev–Trinajstić information content (AvgIpc) is 2.35. The van der Waals surface area contributed by atoms with Gasteiger partial charge in [-0.05, 0) is 52.0 Å². The molecule has 2 rings (SSSR count). The third-order valence-electron chi connectivity index (χ3n) is 2.21. The van der Waals surface area contributed by atoms with Gasteiger partial charge in [-0.1, -0.05) is 7.43 Å². The fraction of sp³-hybridized carbons (Fsp3) is 0.333. The monoisotopic (exact) mass is 725 g/mol. The van der Waals surface area contributed by atoms with Crippen molar-refractivity contribution in [2.75, 3.05) is 11.5 Å². The Kier molecular flexibility index (Phi) is 34.9. The number of aryl methyl sites for hydroxylation is 4. The van der Waals surface area contributed by atoms with Crippen LogP contribution in [-0.4, -0.2) is 45.0 Å². The summed E-state index contributed by atoms with van der Waals surface area (Å²) in [6.45, 7) is 7.74. The van der Waals surface area contributed by atoms with Gasteiger partial charge in [0, 0.05) is 63.7 Å². The van der Waals surface area contributed by atoms with E-state index >= 15 is 0 Å². The van der Waals surface area contributed by atoms with Crippen LogP contribution in [0, 0.1) is 27.7 Å². The third-order valence-corrected chi connectivity index (χ3v) is 2.21. The number of hydrogen-bond donors (Lipinski definition) is 2. The van der Waals surface area contributed by atoms with Crippen molar-refractivity contribution in [3.8, 4) is 0 Å². The molecule has 6 radical (unpaired) electrons. The van der Waals surface area contributed by atoms with Gasteiger partial charge in [0.1, 0.15) is 0 Å². The molecule has 5 N–H and O–H groups in total. The zero-order valence-corrected chi connectivity index (χ0v) is 24.7. The van der Waals surface area contributed by atoms with E-state index in [2.05, 4.69) is 70.4 Å². The van der Waals surface area contributed by atoms with Gasteiger partial charge in [-0.2, -0.15) is 0 Å². The summed E-state index contributed by atoms with van der Waals surface area (Å²) < 4.78 is 0. The van der Waals surface area contributed by atoms with Crippen molar-refractivity contribution < 1.29 is 48.3 Å². The van der Waals surface area contributed by atoms with Gasteiger partial charge < -0.3 is 16.9 Å². The number of nitrogens with two attached hydrogens (primary N) is 2. The Labute approximate surface area is 227 Å². The SMILES string of the molecule is C.Cc1cc(N)cc(C)n1.Cc1cc(N)cc(C)n1.I[I-]I.[B]B([B])[B].[Na+].[OH-]. The summed E-state index contributed by atoms with van der Waals surface area (Å²) in [6.07, 6.45) is -0.667. The molecule has 2 aromatic heterocycles. The van der Waals surface area contributed by atoms with E-state index in [4.69, 9.17) is 11.5 Å². The minimum Gasteiger partial charge on any atom is -0.870 e. The van der Waals surface area contributed by atoms with Crippen LogP contribution in [0.4, 0.5) is 11.4 Å². The van der Waals surface area contributed by atoms with E-state index in [0.717, 1.165) is 34.2 Å². The maximum absolute atomic E-state index is 5.52. The number of aromatic nitrogens is 2. The minimum absolute atomic E-state index is 0. The first-order valence-corrected chi connectivity index (χ1v) is 19.6. The molecule has 2 heterocycles. The molecular formula is C15H25B4I3N4NaO-. The molecule has 0 saturated carbocycles. The maximum atomic E-state index is 5.52. The van der Waals surface area contributed by atoms with Gasteiger partial charge in [-0.15, -0.1) is 0 Å². The number of halogens is 3. The number of hydrogen-bond acceptors (Lipinski definition) is 5. The zero-order valence-electron chi connectivity index (χ0n) is 16.2. The van der Waals surface area contributed by atoms with Crippen LogP contribution in [-0.2, 0) is 0 Å². The van der Waals surface area contributed by atoms with Crippen LogP contribution in [0.5, 0.6) is 0 Å². The first-order chi connectivity index (χ1) is 11.5. The van der Waals surface area contributed by atoms with E-state index in [1.54, 1.807) is 0 Å². The number of nitrogens with zero attached hydrogens (tertiary/aromatic N) is 2. The molecule has 0 spiro atoms. The molecule has 13 heteroatoms. The van der Waals surface area contributed by atoms with E-state index in [-0.39, 0.29) is 42.5 Å². The Bertz CT molecular complexity index is 479. The van der Waals surface area contributed by atoms with Crippen molar-refractivity contribution in [3.63, 3.8) is 0 Å². The molecule has 0 amide bonds. The van der Waals surface area contributed by atoms with Gasteiger partial charge in [0.25, 0.3) is 0 Å². The second-order valence-electron chi connectivity index (χ2n) is 5.00. The van der Waals surface area contributed by atoms with Crippen LogP contribution in [0.2, 0.25) is 0 Å². The molecule has 0 saturated heterocycles. The summed E-state index contributed by atoms with van der Waals surface area (Å²) in [5, 5.41) is 0. The summed E-state index contributed by atoms with van der Waals surface area (Å²) in [5.41, 5.74) is 16.5. The molecular weight excluding hydrogens is 699 g/mol. The van der Waals surface area contributed by atoms with E-state index < -0.39 is 6.39 Å². The van der Waals surface area contributed by atoms with Crippen molar-refractivity contribution in [1.29, 1.82) is 0 Å². The molecule has 0 unspecified atom stereocenters. The van der Waals surface area contributed by atoms with Crippen molar-refractivity contribution in [2.45, 2.75) is 35.1 Å². The number of pyridine rings is 2. The smallest absolute Gasteiger partial charge is 0.870 e. The Morgan fingerprint density at radius 3 is 1.04 bits per heavy atom. The first kappa shape index (κ1) is 39.7. The molecule has 0 aliphatic rings. The molecule has 28 heavy (non-hydrogen) atoms. The minimum atomic E-state index is -0.667. The van der Waals surface area contributed by atoms with Gasteiger partial charge >= 0.3 is 80.0 Å². The summed E-state index contributed by atoms with van der Waals surface area (Å²) in [6, 6.07) is 7.42. The second kappa shape index (κ2) is 24.6. The van der Waals surface area contributed by atoms with Crippen LogP contribution in [0.15, 0.2) is 24.3 Å². The fourth-order valence-electron chi connectivity index (χ4n) is 1.73. The topological polar surface area (TPSA) is 108 Å². The van der Waals surface area contributed by atoms with Crippen molar-refractivity contribution >= 4 is 78.2 Å². The standard InChI is InChI=1S/2C7H10N2.CH4.B4.I3.Na.H2O/c2*1-5-3-7(8)4-6(2)9-5;;1-4(2)3;1-3-2;;/h2*3-4H,1-2H3,(H2,8,9);1H4;;;;1H2/q;;;;-1;+1;/p-1. The number of anilines is 2. The molecule has 0 aliphatic heterocycles. The summed E-state index contributed by atoms with van der Waals surface area (Å²) >= 11 is 5.30. The number of rotatable bonds is 0. The Balaban J connectivity index is -0.0000000883. The molecule has 0 aliphatic carbocycles. The fourth-order valence-corrected chi connectivity index (χ4v) is 1.73. The second-order valence-corrected chi connectivity index (χ2v) is 21.2. The molecule has 0 atom stereocenters. The first-order valence-electron chi connectivity index (χ1n) is 7.07. The molecule has 0 bridgehead atoms. The van der Waals surface area contributed by atoms with Gasteiger partial charge in [-0.3, -0.25) is 9.97 Å². The van der Waals surface area contributed by atoms with Crippen LogP contribution < -0.4 is 54.3 Å². The van der Waals surface area contributed by atoms with Crippen LogP contribution in [0.3, 0.4) is 0 Å². The Hall–Kier alpha value is 1.31. The van der Waals surface area contributed by atoms with Gasteiger partial charge in [0.2, 0.25) is 0 Å². The Morgan fingerprint density at radius 2 is 0.929 bits per heavy atom. The summed E-state index contributed by atoms with van der Waals surface area (Å²) in [5.74, 6) is 0.